The number of anilines is 2. The van der Waals surface area contributed by atoms with Crippen molar-refractivity contribution in [1.29, 1.82) is 0 Å². The molecular formula is C17H21ClN2O. The van der Waals surface area contributed by atoms with E-state index in [2.05, 4.69) is 42.7 Å². The van der Waals surface area contributed by atoms with Crippen LogP contribution in [0.5, 0.6) is 5.75 Å². The molecule has 2 N–H and O–H groups in total. The maximum atomic E-state index is 6.10. The van der Waals surface area contributed by atoms with Crippen LogP contribution in [-0.4, -0.2) is 20.2 Å². The van der Waals surface area contributed by atoms with Crippen molar-refractivity contribution in [2.45, 2.75) is 13.8 Å². The van der Waals surface area contributed by atoms with Crippen molar-refractivity contribution in [3.05, 3.63) is 52.5 Å². The minimum absolute atomic E-state index is 0.616. The van der Waals surface area contributed by atoms with Crippen LogP contribution in [0.2, 0.25) is 5.02 Å². The average molecular weight is 305 g/mol. The summed E-state index contributed by atoms with van der Waals surface area (Å²) in [5.41, 5.74) is 4.69. The van der Waals surface area contributed by atoms with Gasteiger partial charge in [0.05, 0.1) is 12.1 Å². The zero-order chi connectivity index (χ0) is 15.2. The van der Waals surface area contributed by atoms with Gasteiger partial charge in [-0.15, -0.1) is 0 Å². The number of methoxy groups -OCH3 is 1. The fraction of sp³-hybridized carbons (Fsp3) is 0.294. The van der Waals surface area contributed by atoms with Gasteiger partial charge in [0.2, 0.25) is 0 Å². The van der Waals surface area contributed by atoms with E-state index in [0.29, 0.717) is 10.8 Å². The second-order valence-electron chi connectivity index (χ2n) is 5.02. The largest absolute Gasteiger partial charge is 0.495 e. The fourth-order valence-electron chi connectivity index (χ4n) is 2.11. The third-order valence-corrected chi connectivity index (χ3v) is 3.61. The highest BCUT2D eigenvalue weighted by atomic mass is 35.5. The van der Waals surface area contributed by atoms with E-state index >= 15 is 0 Å². The molecule has 0 unspecified atom stereocenters. The Labute approximate surface area is 131 Å². The summed E-state index contributed by atoms with van der Waals surface area (Å²) in [6.45, 7) is 5.87. The Kier molecular flexibility index (Phi) is 5.34. The first-order valence-corrected chi connectivity index (χ1v) is 7.36. The lowest BCUT2D eigenvalue weighted by Crippen LogP contribution is -2.14. The van der Waals surface area contributed by atoms with Crippen LogP contribution in [0.4, 0.5) is 11.4 Å². The summed E-state index contributed by atoms with van der Waals surface area (Å²) in [5.74, 6) is 0.690. The van der Waals surface area contributed by atoms with E-state index in [1.165, 1.54) is 16.8 Å². The molecule has 21 heavy (non-hydrogen) atoms. The summed E-state index contributed by atoms with van der Waals surface area (Å²) in [4.78, 5) is 0. The van der Waals surface area contributed by atoms with Crippen molar-refractivity contribution in [1.82, 2.24) is 0 Å². The van der Waals surface area contributed by atoms with Crippen molar-refractivity contribution in [2.75, 3.05) is 30.8 Å². The first-order valence-electron chi connectivity index (χ1n) is 6.98. The molecule has 112 valence electrons. The van der Waals surface area contributed by atoms with Gasteiger partial charge in [0, 0.05) is 24.5 Å². The molecule has 0 atom stereocenters. The van der Waals surface area contributed by atoms with Crippen LogP contribution in [0.15, 0.2) is 36.4 Å². The number of rotatable bonds is 6. The molecule has 0 spiro atoms. The van der Waals surface area contributed by atoms with Crippen LogP contribution < -0.4 is 15.4 Å². The smallest absolute Gasteiger partial charge is 0.137 e. The molecular weight excluding hydrogens is 284 g/mol. The van der Waals surface area contributed by atoms with E-state index in [0.717, 1.165) is 18.8 Å². The lowest BCUT2D eigenvalue weighted by molar-refractivity contribution is 0.415. The Hall–Kier alpha value is -1.87. The molecule has 0 fully saturated rings. The highest BCUT2D eigenvalue weighted by Gasteiger charge is 2.01. The summed E-state index contributed by atoms with van der Waals surface area (Å²) in [6.07, 6.45) is 0. The van der Waals surface area contributed by atoms with Gasteiger partial charge >= 0.3 is 0 Å². The van der Waals surface area contributed by atoms with Gasteiger partial charge in [-0.25, -0.2) is 0 Å². The molecule has 0 aliphatic rings. The summed E-state index contributed by atoms with van der Waals surface area (Å²) in [6, 6.07) is 12.1. The van der Waals surface area contributed by atoms with E-state index in [-0.39, 0.29) is 0 Å². The fourth-order valence-corrected chi connectivity index (χ4v) is 2.36. The molecule has 2 rings (SSSR count). The van der Waals surface area contributed by atoms with E-state index < -0.39 is 0 Å². The normalized spacial score (nSPS) is 10.3. The molecule has 0 aliphatic heterocycles. The van der Waals surface area contributed by atoms with Crippen LogP contribution in [0.1, 0.15) is 11.1 Å². The zero-order valence-corrected chi connectivity index (χ0v) is 13.4. The van der Waals surface area contributed by atoms with Gasteiger partial charge < -0.3 is 15.4 Å². The van der Waals surface area contributed by atoms with Crippen molar-refractivity contribution in [2.24, 2.45) is 0 Å². The second kappa shape index (κ2) is 7.23. The Bertz CT molecular complexity index is 614. The molecule has 0 saturated carbocycles. The molecule has 4 heteroatoms. The van der Waals surface area contributed by atoms with Gasteiger partial charge in [-0.2, -0.15) is 0 Å². The molecule has 0 heterocycles. The van der Waals surface area contributed by atoms with E-state index in [1.807, 2.05) is 18.2 Å². The first-order chi connectivity index (χ1) is 10.1. The zero-order valence-electron chi connectivity index (χ0n) is 12.7. The van der Waals surface area contributed by atoms with Crippen LogP contribution in [0.3, 0.4) is 0 Å². The minimum Gasteiger partial charge on any atom is -0.495 e. The number of nitrogens with one attached hydrogen (secondary N) is 2. The van der Waals surface area contributed by atoms with Gasteiger partial charge in [-0.05, 0) is 49.2 Å². The molecule has 0 saturated heterocycles. The highest BCUT2D eigenvalue weighted by molar-refractivity contribution is 6.32. The average Bonchev–Trinajstić information content (AvgIpc) is 2.47. The van der Waals surface area contributed by atoms with Crippen LogP contribution in [-0.2, 0) is 0 Å². The van der Waals surface area contributed by atoms with Gasteiger partial charge in [0.25, 0.3) is 0 Å². The Morgan fingerprint density at radius 1 is 1.00 bits per heavy atom. The Balaban J connectivity index is 1.84. The predicted octanol–water partition coefficient (Wildman–Crippen LogP) is 4.49. The van der Waals surface area contributed by atoms with E-state index in [1.54, 1.807) is 7.11 Å². The summed E-state index contributed by atoms with van der Waals surface area (Å²) >= 11 is 6.10. The lowest BCUT2D eigenvalue weighted by Gasteiger charge is -2.12. The number of ether oxygens (including phenoxy) is 1. The molecule has 0 amide bonds. The molecule has 0 bridgehead atoms. The second-order valence-corrected chi connectivity index (χ2v) is 5.43. The summed E-state index contributed by atoms with van der Waals surface area (Å²) in [5, 5.41) is 7.40. The quantitative estimate of drug-likeness (QED) is 0.771. The van der Waals surface area contributed by atoms with Gasteiger partial charge in [-0.1, -0.05) is 23.7 Å². The topological polar surface area (TPSA) is 33.3 Å². The number of hydrogen-bond donors (Lipinski definition) is 2. The van der Waals surface area contributed by atoms with Crippen LogP contribution in [0, 0.1) is 13.8 Å². The predicted molar refractivity (Wildman–Crippen MR) is 90.9 cm³/mol. The van der Waals surface area contributed by atoms with Crippen molar-refractivity contribution >= 4 is 23.0 Å². The molecule has 0 radical (unpaired) electrons. The van der Waals surface area contributed by atoms with Crippen LogP contribution >= 0.6 is 11.6 Å². The highest BCUT2D eigenvalue weighted by Crippen LogP contribution is 2.27. The first kappa shape index (κ1) is 15.5. The monoisotopic (exact) mass is 304 g/mol. The number of benzene rings is 2. The molecule has 2 aromatic carbocycles. The number of halogens is 1. The van der Waals surface area contributed by atoms with Gasteiger partial charge in [0.15, 0.2) is 0 Å². The van der Waals surface area contributed by atoms with Crippen LogP contribution in [0.25, 0.3) is 0 Å². The summed E-state index contributed by atoms with van der Waals surface area (Å²) in [7, 11) is 1.61. The van der Waals surface area contributed by atoms with Crippen molar-refractivity contribution in [3.63, 3.8) is 0 Å². The molecule has 0 aromatic heterocycles. The maximum Gasteiger partial charge on any atom is 0.137 e. The van der Waals surface area contributed by atoms with Gasteiger partial charge in [-0.3, -0.25) is 0 Å². The third-order valence-electron chi connectivity index (χ3n) is 3.31. The maximum absolute atomic E-state index is 6.10. The Morgan fingerprint density at radius 2 is 1.76 bits per heavy atom. The van der Waals surface area contributed by atoms with Crippen molar-refractivity contribution in [3.8, 4) is 5.75 Å². The van der Waals surface area contributed by atoms with Gasteiger partial charge in [0.1, 0.15) is 5.75 Å². The lowest BCUT2D eigenvalue weighted by atomic mass is 10.1. The Morgan fingerprint density at radius 3 is 2.48 bits per heavy atom. The molecule has 0 aliphatic carbocycles. The number of aryl methyl sites for hydroxylation is 2. The minimum atomic E-state index is 0.616. The third kappa shape index (κ3) is 4.30. The van der Waals surface area contributed by atoms with E-state index in [9.17, 15) is 0 Å². The van der Waals surface area contributed by atoms with Crippen molar-refractivity contribution < 1.29 is 4.74 Å². The SMILES string of the molecule is COc1ccc(NCCNc2cc(C)ccc2C)cc1Cl. The molecule has 3 nitrogen and oxygen atoms in total. The molecule has 2 aromatic rings. The van der Waals surface area contributed by atoms with E-state index in [4.69, 9.17) is 16.3 Å². The summed E-state index contributed by atoms with van der Waals surface area (Å²) < 4.78 is 5.14. The number of hydrogen-bond acceptors (Lipinski definition) is 3. The standard InChI is InChI=1S/C17H21ClN2O/c1-12-4-5-13(2)16(10-12)20-9-8-19-14-6-7-17(21-3)15(18)11-14/h4-7,10-11,19-20H,8-9H2,1-3H3.